The van der Waals surface area contributed by atoms with Crippen molar-refractivity contribution < 1.29 is 0 Å². The van der Waals surface area contributed by atoms with Crippen LogP contribution in [0, 0.1) is 11.3 Å². The predicted molar refractivity (Wildman–Crippen MR) is 67.0 cm³/mol. The van der Waals surface area contributed by atoms with Crippen LogP contribution in [0.3, 0.4) is 0 Å². The number of hydrogen-bond donors (Lipinski definition) is 0. The normalized spacial score (nSPS) is 27.8. The molecule has 0 aromatic carbocycles. The van der Waals surface area contributed by atoms with Crippen molar-refractivity contribution in [3.8, 4) is 0 Å². The van der Waals surface area contributed by atoms with E-state index in [4.69, 9.17) is 0 Å². The lowest BCUT2D eigenvalue weighted by molar-refractivity contribution is 0.120. The first-order valence-electron chi connectivity index (χ1n) is 7.35. The Morgan fingerprint density at radius 2 is 1.47 bits per heavy atom. The van der Waals surface area contributed by atoms with Gasteiger partial charge in [-0.1, -0.05) is 64.7 Å². The molecular weight excluding hydrogens is 180 g/mol. The van der Waals surface area contributed by atoms with Crippen LogP contribution in [0.4, 0.5) is 0 Å². The van der Waals surface area contributed by atoms with Gasteiger partial charge in [0, 0.05) is 0 Å². The lowest BCUT2D eigenvalue weighted by atomic mass is 9.65. The molecule has 0 heteroatoms. The summed E-state index contributed by atoms with van der Waals surface area (Å²) in [5.74, 6) is 1.09. The third kappa shape index (κ3) is 2.98. The van der Waals surface area contributed by atoms with Crippen molar-refractivity contribution in [1.82, 2.24) is 0 Å². The van der Waals surface area contributed by atoms with E-state index in [1.165, 1.54) is 44.9 Å². The minimum atomic E-state index is 0.778. The SMILES string of the molecule is CCC1(CC2CCCCC2)CCCCC1. The van der Waals surface area contributed by atoms with Gasteiger partial charge in [0.25, 0.3) is 0 Å². The Morgan fingerprint density at radius 3 is 2.07 bits per heavy atom. The van der Waals surface area contributed by atoms with Gasteiger partial charge in [-0.05, 0) is 30.6 Å². The molecular formula is C15H28. The summed E-state index contributed by atoms with van der Waals surface area (Å²) in [6.07, 6.45) is 18.3. The van der Waals surface area contributed by atoms with Crippen LogP contribution >= 0.6 is 0 Å². The summed E-state index contributed by atoms with van der Waals surface area (Å²) in [5.41, 5.74) is 0.778. The van der Waals surface area contributed by atoms with E-state index in [0.29, 0.717) is 0 Å². The molecule has 0 N–H and O–H groups in total. The summed E-state index contributed by atoms with van der Waals surface area (Å²) in [6.45, 7) is 2.44. The molecule has 0 amide bonds. The second-order valence-corrected chi connectivity index (χ2v) is 6.12. The van der Waals surface area contributed by atoms with Crippen molar-refractivity contribution in [2.75, 3.05) is 0 Å². The van der Waals surface area contributed by atoms with Crippen LogP contribution in [0.1, 0.15) is 84.0 Å². The van der Waals surface area contributed by atoms with Gasteiger partial charge in [-0.3, -0.25) is 0 Å². The van der Waals surface area contributed by atoms with Gasteiger partial charge < -0.3 is 0 Å². The van der Waals surface area contributed by atoms with Crippen molar-refractivity contribution in [3.05, 3.63) is 0 Å². The van der Waals surface area contributed by atoms with Crippen LogP contribution in [-0.4, -0.2) is 0 Å². The quantitative estimate of drug-likeness (QED) is 0.589. The molecule has 0 saturated heterocycles. The van der Waals surface area contributed by atoms with Gasteiger partial charge in [-0.15, -0.1) is 0 Å². The monoisotopic (exact) mass is 208 g/mol. The predicted octanol–water partition coefficient (Wildman–Crippen LogP) is 5.32. The van der Waals surface area contributed by atoms with E-state index >= 15 is 0 Å². The molecule has 0 aliphatic heterocycles. The second kappa shape index (κ2) is 5.37. The molecule has 0 nitrogen and oxygen atoms in total. The number of hydrogen-bond acceptors (Lipinski definition) is 0. The molecule has 0 heterocycles. The second-order valence-electron chi connectivity index (χ2n) is 6.12. The van der Waals surface area contributed by atoms with Gasteiger partial charge in [0.1, 0.15) is 0 Å². The summed E-state index contributed by atoms with van der Waals surface area (Å²) in [6, 6.07) is 0. The van der Waals surface area contributed by atoms with Gasteiger partial charge >= 0.3 is 0 Å². The fraction of sp³-hybridized carbons (Fsp3) is 1.00. The van der Waals surface area contributed by atoms with E-state index in [2.05, 4.69) is 6.92 Å². The van der Waals surface area contributed by atoms with E-state index in [1.807, 2.05) is 0 Å². The molecule has 2 aliphatic carbocycles. The Kier molecular flexibility index (Phi) is 4.11. The molecule has 2 saturated carbocycles. The van der Waals surface area contributed by atoms with Gasteiger partial charge in [-0.2, -0.15) is 0 Å². The maximum Gasteiger partial charge on any atom is -0.0297 e. The van der Waals surface area contributed by atoms with Crippen LogP contribution in [-0.2, 0) is 0 Å². The van der Waals surface area contributed by atoms with Crippen LogP contribution in [0.15, 0.2) is 0 Å². The van der Waals surface area contributed by atoms with Gasteiger partial charge in [0.2, 0.25) is 0 Å². The smallest absolute Gasteiger partial charge is 0.0297 e. The molecule has 2 rings (SSSR count). The first kappa shape index (κ1) is 11.5. The summed E-state index contributed by atoms with van der Waals surface area (Å²) in [4.78, 5) is 0. The van der Waals surface area contributed by atoms with Crippen LogP contribution in [0.2, 0.25) is 0 Å². The highest BCUT2D eigenvalue weighted by atomic mass is 14.4. The Hall–Kier alpha value is 0. The van der Waals surface area contributed by atoms with Crippen molar-refractivity contribution in [2.24, 2.45) is 11.3 Å². The molecule has 2 aliphatic rings. The summed E-state index contributed by atoms with van der Waals surface area (Å²) in [5, 5.41) is 0. The molecule has 0 aromatic heterocycles. The lowest BCUT2D eigenvalue weighted by Gasteiger charge is -2.40. The van der Waals surface area contributed by atoms with E-state index in [9.17, 15) is 0 Å². The van der Waals surface area contributed by atoms with Gasteiger partial charge in [0.05, 0.1) is 0 Å². The first-order chi connectivity index (χ1) is 7.35. The zero-order valence-electron chi connectivity index (χ0n) is 10.6. The summed E-state index contributed by atoms with van der Waals surface area (Å²) in [7, 11) is 0. The molecule has 0 spiro atoms. The molecule has 0 atom stereocenters. The zero-order chi connectivity index (χ0) is 10.6. The highest BCUT2D eigenvalue weighted by molar-refractivity contribution is 4.84. The van der Waals surface area contributed by atoms with Crippen molar-refractivity contribution in [2.45, 2.75) is 84.0 Å². The fourth-order valence-electron chi connectivity index (χ4n) is 4.01. The Morgan fingerprint density at radius 1 is 0.867 bits per heavy atom. The fourth-order valence-corrected chi connectivity index (χ4v) is 4.01. The average molecular weight is 208 g/mol. The third-order valence-corrected chi connectivity index (χ3v) is 5.11. The van der Waals surface area contributed by atoms with Crippen LogP contribution in [0.25, 0.3) is 0 Å². The Balaban J connectivity index is 1.87. The average Bonchev–Trinajstić information content (AvgIpc) is 2.32. The van der Waals surface area contributed by atoms with E-state index in [-0.39, 0.29) is 0 Å². The lowest BCUT2D eigenvalue weighted by Crippen LogP contribution is -2.27. The maximum absolute atomic E-state index is 2.44. The van der Waals surface area contributed by atoms with E-state index < -0.39 is 0 Å². The largest absolute Gasteiger partial charge is 0.0649 e. The first-order valence-corrected chi connectivity index (χ1v) is 7.35. The van der Waals surface area contributed by atoms with Crippen molar-refractivity contribution in [1.29, 1.82) is 0 Å². The molecule has 15 heavy (non-hydrogen) atoms. The van der Waals surface area contributed by atoms with Crippen molar-refractivity contribution >= 4 is 0 Å². The highest BCUT2D eigenvalue weighted by Gasteiger charge is 2.32. The van der Waals surface area contributed by atoms with Crippen LogP contribution < -0.4 is 0 Å². The summed E-state index contributed by atoms with van der Waals surface area (Å²) < 4.78 is 0. The van der Waals surface area contributed by atoms with Gasteiger partial charge in [-0.25, -0.2) is 0 Å². The van der Waals surface area contributed by atoms with E-state index in [1.54, 1.807) is 32.1 Å². The minimum absolute atomic E-state index is 0.778. The molecule has 0 aromatic rings. The molecule has 2 fully saturated rings. The molecule has 0 bridgehead atoms. The Bertz CT molecular complexity index is 170. The molecule has 0 radical (unpaired) electrons. The highest BCUT2D eigenvalue weighted by Crippen LogP contribution is 2.46. The minimum Gasteiger partial charge on any atom is -0.0649 e. The zero-order valence-corrected chi connectivity index (χ0v) is 10.6. The number of rotatable bonds is 3. The van der Waals surface area contributed by atoms with E-state index in [0.717, 1.165) is 11.3 Å². The molecule has 88 valence electrons. The summed E-state index contributed by atoms with van der Waals surface area (Å²) >= 11 is 0. The molecule has 0 unspecified atom stereocenters. The van der Waals surface area contributed by atoms with Crippen molar-refractivity contribution in [3.63, 3.8) is 0 Å². The van der Waals surface area contributed by atoms with Crippen LogP contribution in [0.5, 0.6) is 0 Å². The maximum atomic E-state index is 2.44. The Labute approximate surface area is 95.8 Å². The standard InChI is InChI=1S/C15H28/c1-2-15(11-7-4-8-12-15)13-14-9-5-3-6-10-14/h14H,2-13H2,1H3. The van der Waals surface area contributed by atoms with Gasteiger partial charge in [0.15, 0.2) is 0 Å². The third-order valence-electron chi connectivity index (χ3n) is 5.11. The topological polar surface area (TPSA) is 0 Å².